The van der Waals surface area contributed by atoms with Crippen LogP contribution in [-0.4, -0.2) is 33.3 Å². The number of carbonyl (C=O) groups excluding carboxylic acids is 1. The normalized spacial score (nSPS) is 11.3. The highest BCUT2D eigenvalue weighted by molar-refractivity contribution is 9.10. The molecule has 100 valence electrons. The van der Waals surface area contributed by atoms with Crippen molar-refractivity contribution in [1.29, 1.82) is 0 Å². The molecular weight excluding hydrogens is 320 g/mol. The van der Waals surface area contributed by atoms with Crippen LogP contribution < -0.4 is 4.74 Å². The fourth-order valence-electron chi connectivity index (χ4n) is 1.52. The lowest BCUT2D eigenvalue weighted by molar-refractivity contribution is 0.0979. The number of Topliss-reactive ketones (excluding diaryl/α,β-unsaturated/α-hetero) is 1. The number of hydrogen-bond donors (Lipinski definition) is 0. The summed E-state index contributed by atoms with van der Waals surface area (Å²) in [6.07, 6.45) is 1.69. The molecule has 1 aromatic rings. The molecule has 0 spiro atoms. The summed E-state index contributed by atoms with van der Waals surface area (Å²) < 4.78 is 27.9. The Morgan fingerprint density at radius 1 is 1.39 bits per heavy atom. The molecule has 0 heterocycles. The molecule has 0 fully saturated rings. The Hall–Kier alpha value is -0.880. The van der Waals surface area contributed by atoms with Crippen LogP contribution in [0, 0.1) is 0 Å². The number of ketones is 1. The van der Waals surface area contributed by atoms with E-state index in [1.807, 2.05) is 0 Å². The molecule has 6 heteroatoms. The van der Waals surface area contributed by atoms with Crippen LogP contribution in [0.2, 0.25) is 0 Å². The number of ether oxygens (including phenoxy) is 1. The first-order chi connectivity index (χ1) is 8.33. The summed E-state index contributed by atoms with van der Waals surface area (Å²) in [5, 5.41) is 0. The number of carbonyl (C=O) groups is 1. The minimum atomic E-state index is -3.02. The predicted octanol–water partition coefficient (Wildman–Crippen LogP) is 2.47. The Bertz CT molecular complexity index is 537. The van der Waals surface area contributed by atoms with Gasteiger partial charge in [0.1, 0.15) is 15.6 Å². The van der Waals surface area contributed by atoms with E-state index in [0.717, 1.165) is 10.7 Å². The molecule has 1 aromatic carbocycles. The predicted molar refractivity (Wildman–Crippen MR) is 74.0 cm³/mol. The smallest absolute Gasteiger partial charge is 0.166 e. The first-order valence-electron chi connectivity index (χ1n) is 5.38. The first-order valence-corrected chi connectivity index (χ1v) is 8.23. The highest BCUT2D eigenvalue weighted by Gasteiger charge is 2.13. The van der Waals surface area contributed by atoms with Gasteiger partial charge >= 0.3 is 0 Å². The third-order valence-corrected chi connectivity index (χ3v) is 3.91. The van der Waals surface area contributed by atoms with Gasteiger partial charge in [0.05, 0.1) is 18.4 Å². The number of methoxy groups -OCH3 is 1. The average Bonchev–Trinajstić information content (AvgIpc) is 2.26. The monoisotopic (exact) mass is 334 g/mol. The quantitative estimate of drug-likeness (QED) is 0.750. The highest BCUT2D eigenvalue weighted by Crippen LogP contribution is 2.24. The van der Waals surface area contributed by atoms with Gasteiger partial charge in [0.2, 0.25) is 0 Å². The van der Waals surface area contributed by atoms with E-state index in [0.29, 0.717) is 17.7 Å². The lowest BCUT2D eigenvalue weighted by atomic mass is 10.1. The summed E-state index contributed by atoms with van der Waals surface area (Å²) in [4.78, 5) is 11.9. The first kappa shape index (κ1) is 15.2. The molecule has 0 saturated carbocycles. The second-order valence-corrected chi connectivity index (χ2v) is 7.18. The van der Waals surface area contributed by atoms with E-state index < -0.39 is 9.84 Å². The van der Waals surface area contributed by atoms with Crippen molar-refractivity contribution in [2.24, 2.45) is 0 Å². The fraction of sp³-hybridized carbons (Fsp3) is 0.417. The summed E-state index contributed by atoms with van der Waals surface area (Å²) in [7, 11) is -1.52. The van der Waals surface area contributed by atoms with E-state index in [1.54, 1.807) is 18.2 Å². The highest BCUT2D eigenvalue weighted by atomic mass is 79.9. The van der Waals surface area contributed by atoms with Crippen molar-refractivity contribution in [3.8, 4) is 5.75 Å². The molecule has 0 bridgehead atoms. The second-order valence-electron chi connectivity index (χ2n) is 4.00. The van der Waals surface area contributed by atoms with Gasteiger partial charge in [-0.1, -0.05) is 15.9 Å². The van der Waals surface area contributed by atoms with Gasteiger partial charge in [0, 0.05) is 17.1 Å². The fourth-order valence-corrected chi connectivity index (χ4v) is 2.53. The van der Waals surface area contributed by atoms with E-state index in [1.165, 1.54) is 7.11 Å². The van der Waals surface area contributed by atoms with Gasteiger partial charge in [-0.25, -0.2) is 8.42 Å². The van der Waals surface area contributed by atoms with E-state index >= 15 is 0 Å². The summed E-state index contributed by atoms with van der Waals surface area (Å²) in [5.41, 5.74) is 0.481. The molecule has 1 rings (SSSR count). The summed E-state index contributed by atoms with van der Waals surface area (Å²) in [6, 6.07) is 5.14. The largest absolute Gasteiger partial charge is 0.496 e. The van der Waals surface area contributed by atoms with E-state index in [4.69, 9.17) is 4.74 Å². The molecule has 0 aliphatic heterocycles. The minimum Gasteiger partial charge on any atom is -0.496 e. The van der Waals surface area contributed by atoms with Gasteiger partial charge in [-0.05, 0) is 24.6 Å². The average molecular weight is 335 g/mol. The Morgan fingerprint density at radius 2 is 2.06 bits per heavy atom. The van der Waals surface area contributed by atoms with E-state index in [-0.39, 0.29) is 18.0 Å². The molecule has 0 aliphatic rings. The Kier molecular flexibility index (Phi) is 5.34. The van der Waals surface area contributed by atoms with Gasteiger partial charge in [-0.2, -0.15) is 0 Å². The van der Waals surface area contributed by atoms with Crippen molar-refractivity contribution in [3.63, 3.8) is 0 Å². The van der Waals surface area contributed by atoms with Crippen molar-refractivity contribution in [2.75, 3.05) is 19.1 Å². The van der Waals surface area contributed by atoms with Crippen LogP contribution in [0.15, 0.2) is 22.7 Å². The lowest BCUT2D eigenvalue weighted by Crippen LogP contribution is -2.07. The van der Waals surface area contributed by atoms with Crippen LogP contribution in [0.4, 0.5) is 0 Å². The van der Waals surface area contributed by atoms with Crippen molar-refractivity contribution in [2.45, 2.75) is 12.8 Å². The molecular formula is C12H15BrO4S. The van der Waals surface area contributed by atoms with Gasteiger partial charge in [0.15, 0.2) is 5.78 Å². The maximum Gasteiger partial charge on any atom is 0.166 e. The SMILES string of the molecule is COc1cc(Br)ccc1C(=O)CCCS(C)(=O)=O. The number of halogens is 1. The van der Waals surface area contributed by atoms with E-state index in [2.05, 4.69) is 15.9 Å². The van der Waals surface area contributed by atoms with E-state index in [9.17, 15) is 13.2 Å². The molecule has 0 unspecified atom stereocenters. The molecule has 0 atom stereocenters. The van der Waals surface area contributed by atoms with Crippen LogP contribution in [0.1, 0.15) is 23.2 Å². The maximum absolute atomic E-state index is 11.9. The van der Waals surface area contributed by atoms with Crippen LogP contribution in [0.25, 0.3) is 0 Å². The number of benzene rings is 1. The van der Waals surface area contributed by atoms with Crippen molar-refractivity contribution in [1.82, 2.24) is 0 Å². The zero-order valence-corrected chi connectivity index (χ0v) is 12.7. The Morgan fingerprint density at radius 3 is 2.61 bits per heavy atom. The Balaban J connectivity index is 2.73. The van der Waals surface area contributed by atoms with Crippen LogP contribution in [0.3, 0.4) is 0 Å². The van der Waals surface area contributed by atoms with Gasteiger partial charge < -0.3 is 4.74 Å². The topological polar surface area (TPSA) is 60.4 Å². The zero-order chi connectivity index (χ0) is 13.8. The molecule has 18 heavy (non-hydrogen) atoms. The third kappa shape index (κ3) is 4.78. The van der Waals surface area contributed by atoms with Crippen LogP contribution in [0.5, 0.6) is 5.75 Å². The minimum absolute atomic E-state index is 0.0254. The van der Waals surface area contributed by atoms with Crippen LogP contribution in [-0.2, 0) is 9.84 Å². The number of hydrogen-bond acceptors (Lipinski definition) is 4. The molecule has 0 radical (unpaired) electrons. The van der Waals surface area contributed by atoms with Gasteiger partial charge in [0.25, 0.3) is 0 Å². The van der Waals surface area contributed by atoms with Crippen LogP contribution >= 0.6 is 15.9 Å². The molecule has 0 amide bonds. The second kappa shape index (κ2) is 6.33. The third-order valence-electron chi connectivity index (χ3n) is 2.38. The van der Waals surface area contributed by atoms with Crippen molar-refractivity contribution < 1.29 is 17.9 Å². The van der Waals surface area contributed by atoms with Gasteiger partial charge in [-0.3, -0.25) is 4.79 Å². The molecule has 0 N–H and O–H groups in total. The number of rotatable bonds is 6. The number of sulfone groups is 1. The summed E-state index contributed by atoms with van der Waals surface area (Å²) >= 11 is 3.29. The van der Waals surface area contributed by atoms with Crippen molar-refractivity contribution >= 4 is 31.6 Å². The van der Waals surface area contributed by atoms with Gasteiger partial charge in [-0.15, -0.1) is 0 Å². The zero-order valence-electron chi connectivity index (χ0n) is 10.3. The standard InChI is InChI=1S/C12H15BrO4S/c1-17-12-8-9(13)5-6-10(12)11(14)4-3-7-18(2,15)16/h5-6,8H,3-4,7H2,1-2H3. The maximum atomic E-state index is 11.9. The van der Waals surface area contributed by atoms with Crippen molar-refractivity contribution in [3.05, 3.63) is 28.2 Å². The summed E-state index contributed by atoms with van der Waals surface area (Å²) in [6.45, 7) is 0. The molecule has 0 aliphatic carbocycles. The Labute approximate surface area is 115 Å². The lowest BCUT2D eigenvalue weighted by Gasteiger charge is -2.07. The molecule has 4 nitrogen and oxygen atoms in total. The summed E-state index contributed by atoms with van der Waals surface area (Å²) in [5.74, 6) is 0.411. The molecule has 0 aromatic heterocycles. The molecule has 0 saturated heterocycles.